The van der Waals surface area contributed by atoms with E-state index in [9.17, 15) is 0 Å². The van der Waals surface area contributed by atoms with E-state index in [2.05, 4.69) is 59.4 Å². The average molecular weight is 358 g/mol. The molecule has 1 aromatic rings. The normalized spacial score (nSPS) is 12.5. The number of unbranched alkanes of at least 4 members (excludes halogenated alkanes) is 1. The van der Waals surface area contributed by atoms with Crippen molar-refractivity contribution in [1.29, 1.82) is 0 Å². The van der Waals surface area contributed by atoms with Gasteiger partial charge in [0.15, 0.2) is 0 Å². The van der Waals surface area contributed by atoms with Crippen LogP contribution in [0.5, 0.6) is 0 Å². The molecular formula is C17H28BrNO2. The van der Waals surface area contributed by atoms with E-state index in [4.69, 9.17) is 9.47 Å². The summed E-state index contributed by atoms with van der Waals surface area (Å²) >= 11 is 3.47. The third-order valence-corrected chi connectivity index (χ3v) is 3.72. The molecule has 120 valence electrons. The van der Waals surface area contributed by atoms with Gasteiger partial charge in [0.2, 0.25) is 0 Å². The first-order valence-electron chi connectivity index (χ1n) is 7.93. The lowest BCUT2D eigenvalue weighted by Gasteiger charge is -2.19. The minimum Gasteiger partial charge on any atom is -0.379 e. The fourth-order valence-corrected chi connectivity index (χ4v) is 2.22. The van der Waals surface area contributed by atoms with Crippen molar-refractivity contribution in [3.05, 3.63) is 34.3 Å². The van der Waals surface area contributed by atoms with Crippen molar-refractivity contribution in [2.75, 3.05) is 32.9 Å². The summed E-state index contributed by atoms with van der Waals surface area (Å²) in [5, 5.41) is 3.43. The molecule has 0 heterocycles. The Hall–Kier alpha value is -0.420. The van der Waals surface area contributed by atoms with Crippen molar-refractivity contribution < 1.29 is 9.47 Å². The lowest BCUT2D eigenvalue weighted by molar-refractivity contribution is 0.00366. The van der Waals surface area contributed by atoms with Gasteiger partial charge >= 0.3 is 0 Å². The molecule has 0 saturated carbocycles. The van der Waals surface area contributed by atoms with Gasteiger partial charge in [-0.15, -0.1) is 0 Å². The van der Waals surface area contributed by atoms with Gasteiger partial charge < -0.3 is 14.8 Å². The average Bonchev–Trinajstić information content (AvgIpc) is 2.50. The van der Waals surface area contributed by atoms with Crippen molar-refractivity contribution in [3.8, 4) is 0 Å². The van der Waals surface area contributed by atoms with E-state index in [-0.39, 0.29) is 6.10 Å². The van der Waals surface area contributed by atoms with Crippen molar-refractivity contribution in [2.45, 2.75) is 39.2 Å². The number of hydrogen-bond acceptors (Lipinski definition) is 3. The summed E-state index contributed by atoms with van der Waals surface area (Å²) in [4.78, 5) is 0. The van der Waals surface area contributed by atoms with Gasteiger partial charge in [-0.1, -0.05) is 48.3 Å². The lowest BCUT2D eigenvalue weighted by Crippen LogP contribution is -2.25. The maximum absolute atomic E-state index is 5.99. The molecule has 0 bridgehead atoms. The van der Waals surface area contributed by atoms with Gasteiger partial charge in [-0.05, 0) is 37.1 Å². The molecule has 3 nitrogen and oxygen atoms in total. The molecule has 0 spiro atoms. The Kier molecular flexibility index (Phi) is 10.8. The van der Waals surface area contributed by atoms with Gasteiger partial charge in [-0.2, -0.15) is 0 Å². The Morgan fingerprint density at radius 1 is 1.05 bits per heavy atom. The van der Waals surface area contributed by atoms with Crippen molar-refractivity contribution >= 4 is 15.9 Å². The standard InChI is InChI=1S/C17H28BrNO2/c1-3-5-11-20-12-13-21-17(14-19-10-4-2)15-6-8-16(18)9-7-15/h6-9,17,19H,3-5,10-14H2,1-2H3. The molecule has 0 saturated heterocycles. The fraction of sp³-hybridized carbons (Fsp3) is 0.647. The SMILES string of the molecule is CCCCOCCOC(CNCCC)c1ccc(Br)cc1. The molecule has 0 aliphatic rings. The number of hydrogen-bond donors (Lipinski definition) is 1. The van der Waals surface area contributed by atoms with E-state index in [1.807, 2.05) is 0 Å². The summed E-state index contributed by atoms with van der Waals surface area (Å²) in [7, 11) is 0. The van der Waals surface area contributed by atoms with Crippen LogP contribution < -0.4 is 5.32 Å². The first kappa shape index (κ1) is 18.6. The highest BCUT2D eigenvalue weighted by atomic mass is 79.9. The van der Waals surface area contributed by atoms with Gasteiger partial charge in [0.1, 0.15) is 0 Å². The summed E-state index contributed by atoms with van der Waals surface area (Å²) in [6, 6.07) is 8.34. The van der Waals surface area contributed by atoms with Gasteiger partial charge in [-0.3, -0.25) is 0 Å². The highest BCUT2D eigenvalue weighted by Gasteiger charge is 2.11. The highest BCUT2D eigenvalue weighted by Crippen LogP contribution is 2.19. The first-order valence-corrected chi connectivity index (χ1v) is 8.72. The summed E-state index contributed by atoms with van der Waals surface area (Å²) in [6.45, 7) is 8.33. The lowest BCUT2D eigenvalue weighted by atomic mass is 10.1. The van der Waals surface area contributed by atoms with Crippen LogP contribution in [0.1, 0.15) is 44.8 Å². The van der Waals surface area contributed by atoms with Gasteiger partial charge in [0.05, 0.1) is 19.3 Å². The zero-order valence-corrected chi connectivity index (χ0v) is 14.8. The summed E-state index contributed by atoms with van der Waals surface area (Å²) in [6.07, 6.45) is 3.50. The number of halogens is 1. The third-order valence-electron chi connectivity index (χ3n) is 3.19. The van der Waals surface area contributed by atoms with E-state index >= 15 is 0 Å². The van der Waals surface area contributed by atoms with E-state index in [0.717, 1.165) is 37.0 Å². The van der Waals surface area contributed by atoms with Gasteiger partial charge in [0, 0.05) is 17.6 Å². The molecule has 1 N–H and O–H groups in total. The van der Waals surface area contributed by atoms with Crippen molar-refractivity contribution in [2.24, 2.45) is 0 Å². The van der Waals surface area contributed by atoms with Gasteiger partial charge in [0.25, 0.3) is 0 Å². The molecule has 4 heteroatoms. The van der Waals surface area contributed by atoms with E-state index < -0.39 is 0 Å². The zero-order chi connectivity index (χ0) is 15.3. The van der Waals surface area contributed by atoms with E-state index in [1.165, 1.54) is 12.0 Å². The number of ether oxygens (including phenoxy) is 2. The summed E-state index contributed by atoms with van der Waals surface area (Å²) in [5.74, 6) is 0. The maximum atomic E-state index is 5.99. The Balaban J connectivity index is 2.39. The summed E-state index contributed by atoms with van der Waals surface area (Å²) in [5.41, 5.74) is 1.20. The Morgan fingerprint density at radius 2 is 1.81 bits per heavy atom. The molecule has 1 atom stereocenters. The maximum Gasteiger partial charge on any atom is 0.0950 e. The second kappa shape index (κ2) is 12.2. The molecule has 0 radical (unpaired) electrons. The van der Waals surface area contributed by atoms with Crippen LogP contribution in [0.2, 0.25) is 0 Å². The van der Waals surface area contributed by atoms with Crippen LogP contribution in [0.3, 0.4) is 0 Å². The number of rotatable bonds is 12. The molecule has 1 unspecified atom stereocenters. The van der Waals surface area contributed by atoms with Crippen LogP contribution in [0.4, 0.5) is 0 Å². The van der Waals surface area contributed by atoms with Crippen LogP contribution in [0.15, 0.2) is 28.7 Å². The van der Waals surface area contributed by atoms with Crippen LogP contribution >= 0.6 is 15.9 Å². The summed E-state index contributed by atoms with van der Waals surface area (Å²) < 4.78 is 12.6. The quantitative estimate of drug-likeness (QED) is 0.565. The Morgan fingerprint density at radius 3 is 2.48 bits per heavy atom. The molecule has 0 aliphatic carbocycles. The van der Waals surface area contributed by atoms with E-state index in [1.54, 1.807) is 0 Å². The second-order valence-electron chi connectivity index (χ2n) is 5.08. The molecule has 0 aliphatic heterocycles. The Labute approximate surface area is 137 Å². The van der Waals surface area contributed by atoms with Crippen molar-refractivity contribution in [3.63, 3.8) is 0 Å². The first-order chi connectivity index (χ1) is 10.3. The third kappa shape index (κ3) is 8.57. The molecule has 21 heavy (non-hydrogen) atoms. The largest absolute Gasteiger partial charge is 0.379 e. The number of benzene rings is 1. The minimum absolute atomic E-state index is 0.0828. The smallest absolute Gasteiger partial charge is 0.0950 e. The highest BCUT2D eigenvalue weighted by molar-refractivity contribution is 9.10. The van der Waals surface area contributed by atoms with E-state index in [0.29, 0.717) is 13.2 Å². The molecular weight excluding hydrogens is 330 g/mol. The second-order valence-corrected chi connectivity index (χ2v) is 6.00. The predicted molar refractivity (Wildman–Crippen MR) is 91.7 cm³/mol. The zero-order valence-electron chi connectivity index (χ0n) is 13.2. The molecule has 0 aromatic heterocycles. The minimum atomic E-state index is 0.0828. The molecule has 0 amide bonds. The van der Waals surface area contributed by atoms with Crippen LogP contribution in [-0.2, 0) is 9.47 Å². The fourth-order valence-electron chi connectivity index (χ4n) is 1.96. The topological polar surface area (TPSA) is 30.5 Å². The van der Waals surface area contributed by atoms with Crippen LogP contribution in [0.25, 0.3) is 0 Å². The monoisotopic (exact) mass is 357 g/mol. The molecule has 0 fully saturated rings. The van der Waals surface area contributed by atoms with Crippen LogP contribution in [0, 0.1) is 0 Å². The van der Waals surface area contributed by atoms with Crippen LogP contribution in [-0.4, -0.2) is 32.9 Å². The Bertz CT molecular complexity index is 356. The number of nitrogens with one attached hydrogen (secondary N) is 1. The predicted octanol–water partition coefficient (Wildman–Crippen LogP) is 4.32. The van der Waals surface area contributed by atoms with Crippen molar-refractivity contribution in [1.82, 2.24) is 5.32 Å². The molecule has 1 rings (SSSR count). The van der Waals surface area contributed by atoms with Gasteiger partial charge in [-0.25, -0.2) is 0 Å². The molecule has 1 aromatic carbocycles.